The SMILES string of the molecule is O=C([O-])CCCC(=O)[O-].O=C([O-])CCCC(=O)[O-].[Cu+2].[Zn+2]. The zero-order valence-electron chi connectivity index (χ0n) is 10.5. The summed E-state index contributed by atoms with van der Waals surface area (Å²) in [5.74, 6) is -4.90. The third-order valence-corrected chi connectivity index (χ3v) is 1.52. The van der Waals surface area contributed by atoms with Crippen LogP contribution < -0.4 is 20.4 Å². The Morgan fingerprint density at radius 2 is 0.700 bits per heavy atom. The normalized spacial score (nSPS) is 8.00. The summed E-state index contributed by atoms with van der Waals surface area (Å²) < 4.78 is 0. The molecule has 0 aliphatic rings. The third kappa shape index (κ3) is 36.0. The number of aliphatic carboxylic acids is 4. The number of carbonyl (C=O) groups is 4. The molecule has 0 aromatic rings. The Morgan fingerprint density at radius 1 is 0.550 bits per heavy atom. The zero-order valence-corrected chi connectivity index (χ0v) is 14.4. The molecule has 0 saturated heterocycles. The number of carboxylic acid groups (broad SMARTS) is 4. The quantitative estimate of drug-likeness (QED) is 0.374. The first-order valence-electron chi connectivity index (χ1n) is 5.05. The first-order valence-corrected chi connectivity index (χ1v) is 5.05. The Bertz CT molecular complexity index is 250. The van der Waals surface area contributed by atoms with Gasteiger partial charge in [0.25, 0.3) is 0 Å². The molecule has 0 aromatic carbocycles. The van der Waals surface area contributed by atoms with Gasteiger partial charge >= 0.3 is 36.5 Å². The van der Waals surface area contributed by atoms with Crippen LogP contribution in [0.1, 0.15) is 38.5 Å². The Kier molecular flexibility index (Phi) is 24.7. The van der Waals surface area contributed by atoms with E-state index in [0.717, 1.165) is 0 Å². The van der Waals surface area contributed by atoms with Crippen molar-refractivity contribution in [1.82, 2.24) is 0 Å². The van der Waals surface area contributed by atoms with Gasteiger partial charge in [0.2, 0.25) is 0 Å². The van der Waals surface area contributed by atoms with E-state index in [9.17, 15) is 39.6 Å². The molecule has 8 nitrogen and oxygen atoms in total. The van der Waals surface area contributed by atoms with E-state index in [-0.39, 0.29) is 75.1 Å². The average molecular weight is 389 g/mol. The molecule has 1 radical (unpaired) electrons. The van der Waals surface area contributed by atoms with Gasteiger partial charge in [0, 0.05) is 23.9 Å². The van der Waals surface area contributed by atoms with Crippen LogP contribution in [0.15, 0.2) is 0 Å². The fourth-order valence-corrected chi connectivity index (χ4v) is 0.754. The van der Waals surface area contributed by atoms with Crippen molar-refractivity contribution in [2.24, 2.45) is 0 Å². The van der Waals surface area contributed by atoms with Gasteiger partial charge < -0.3 is 39.6 Å². The summed E-state index contributed by atoms with van der Waals surface area (Å²) in [4.78, 5) is 38.6. The summed E-state index contributed by atoms with van der Waals surface area (Å²) in [6.07, 6.45) is -0.681. The standard InChI is InChI=1S/2C5H8O4.Cu.Zn/c2*6-4(7)2-1-3-5(8)9;;/h2*1-3H2,(H,6,7)(H,8,9);;/q;;2*+2/p-4. The van der Waals surface area contributed by atoms with Crippen molar-refractivity contribution in [2.45, 2.75) is 38.5 Å². The molecular formula is C10H12CuO8Zn. The molecule has 10 heteroatoms. The molecule has 0 aliphatic heterocycles. The second kappa shape index (κ2) is 18.0. The molecule has 0 amide bonds. The molecule has 0 saturated carbocycles. The van der Waals surface area contributed by atoms with Crippen molar-refractivity contribution >= 4 is 23.9 Å². The van der Waals surface area contributed by atoms with Crippen LogP contribution in [0.25, 0.3) is 0 Å². The average Bonchev–Trinajstić information content (AvgIpc) is 2.15. The number of hydrogen-bond acceptors (Lipinski definition) is 8. The topological polar surface area (TPSA) is 161 Å². The summed E-state index contributed by atoms with van der Waals surface area (Å²) in [7, 11) is 0. The van der Waals surface area contributed by atoms with Gasteiger partial charge in [-0.25, -0.2) is 0 Å². The van der Waals surface area contributed by atoms with Crippen LogP contribution in [-0.4, -0.2) is 23.9 Å². The summed E-state index contributed by atoms with van der Waals surface area (Å²) in [6.45, 7) is 0. The summed E-state index contributed by atoms with van der Waals surface area (Å²) >= 11 is 0. The van der Waals surface area contributed by atoms with Crippen molar-refractivity contribution in [2.75, 3.05) is 0 Å². The maximum absolute atomic E-state index is 9.66. The minimum Gasteiger partial charge on any atom is -0.550 e. The van der Waals surface area contributed by atoms with Crippen LogP contribution >= 0.6 is 0 Å². The van der Waals surface area contributed by atoms with Gasteiger partial charge in [0.1, 0.15) is 0 Å². The van der Waals surface area contributed by atoms with E-state index in [1.165, 1.54) is 0 Å². The van der Waals surface area contributed by atoms with Crippen LogP contribution in [0.2, 0.25) is 0 Å². The molecule has 0 bridgehead atoms. The van der Waals surface area contributed by atoms with Gasteiger partial charge in [-0.2, -0.15) is 0 Å². The molecule has 0 unspecified atom stereocenters. The first kappa shape index (κ1) is 27.4. The Morgan fingerprint density at radius 3 is 0.800 bits per heavy atom. The molecule has 0 rings (SSSR count). The Balaban J connectivity index is -0.000000116. The fourth-order valence-electron chi connectivity index (χ4n) is 0.754. The van der Waals surface area contributed by atoms with Crippen LogP contribution in [0.5, 0.6) is 0 Å². The molecule has 0 aliphatic carbocycles. The largest absolute Gasteiger partial charge is 2.00 e. The van der Waals surface area contributed by atoms with Crippen molar-refractivity contribution in [3.05, 3.63) is 0 Å². The van der Waals surface area contributed by atoms with Gasteiger partial charge in [0.05, 0.1) is 0 Å². The summed E-state index contributed by atoms with van der Waals surface area (Å²) in [5, 5.41) is 38.6. The van der Waals surface area contributed by atoms with Gasteiger partial charge in [-0.15, -0.1) is 0 Å². The predicted molar refractivity (Wildman–Crippen MR) is 47.7 cm³/mol. The number of hydrogen-bond donors (Lipinski definition) is 0. The van der Waals surface area contributed by atoms with Crippen molar-refractivity contribution in [3.63, 3.8) is 0 Å². The van der Waals surface area contributed by atoms with Crippen LogP contribution in [-0.2, 0) is 55.7 Å². The molecule has 0 spiro atoms. The van der Waals surface area contributed by atoms with Gasteiger partial charge in [0.15, 0.2) is 0 Å². The Labute approximate surface area is 138 Å². The van der Waals surface area contributed by atoms with Gasteiger partial charge in [-0.3, -0.25) is 0 Å². The van der Waals surface area contributed by atoms with Gasteiger partial charge in [-0.1, -0.05) is 0 Å². The van der Waals surface area contributed by atoms with Gasteiger partial charge in [-0.05, 0) is 38.5 Å². The van der Waals surface area contributed by atoms with E-state index >= 15 is 0 Å². The molecule has 0 atom stereocenters. The first-order chi connectivity index (χ1) is 8.25. The molecular weight excluding hydrogens is 377 g/mol. The third-order valence-electron chi connectivity index (χ3n) is 1.52. The molecule has 0 N–H and O–H groups in total. The predicted octanol–water partition coefficient (Wildman–Crippen LogP) is -4.69. The monoisotopic (exact) mass is 387 g/mol. The van der Waals surface area contributed by atoms with E-state index in [0.29, 0.717) is 0 Å². The number of carboxylic acids is 4. The second-order valence-corrected chi connectivity index (χ2v) is 3.20. The minimum atomic E-state index is -1.23. The summed E-state index contributed by atoms with van der Waals surface area (Å²) in [5.41, 5.74) is 0. The molecule has 113 valence electrons. The molecule has 20 heavy (non-hydrogen) atoms. The van der Waals surface area contributed by atoms with E-state index in [1.54, 1.807) is 0 Å². The minimum absolute atomic E-state index is 0. The molecule has 0 aromatic heterocycles. The number of carbonyl (C=O) groups excluding carboxylic acids is 4. The van der Waals surface area contributed by atoms with Crippen LogP contribution in [0.3, 0.4) is 0 Å². The zero-order chi connectivity index (χ0) is 14.6. The van der Waals surface area contributed by atoms with Crippen molar-refractivity contribution in [1.29, 1.82) is 0 Å². The van der Waals surface area contributed by atoms with Crippen molar-refractivity contribution < 1.29 is 76.2 Å². The summed E-state index contributed by atoms with van der Waals surface area (Å²) in [6, 6.07) is 0. The smallest absolute Gasteiger partial charge is 0.550 e. The maximum atomic E-state index is 9.66. The second-order valence-electron chi connectivity index (χ2n) is 3.20. The molecule has 0 fully saturated rings. The molecule has 0 heterocycles. The van der Waals surface area contributed by atoms with E-state index in [4.69, 9.17) is 0 Å². The van der Waals surface area contributed by atoms with Crippen molar-refractivity contribution in [3.8, 4) is 0 Å². The van der Waals surface area contributed by atoms with Crippen LogP contribution in [0, 0.1) is 0 Å². The van der Waals surface area contributed by atoms with Crippen LogP contribution in [0.4, 0.5) is 0 Å². The van der Waals surface area contributed by atoms with E-state index in [2.05, 4.69) is 0 Å². The number of rotatable bonds is 8. The van der Waals surface area contributed by atoms with E-state index < -0.39 is 23.9 Å². The fraction of sp³-hybridized carbons (Fsp3) is 0.600. The maximum Gasteiger partial charge on any atom is 2.00 e. The van der Waals surface area contributed by atoms with E-state index in [1.807, 2.05) is 0 Å². The Hall–Kier alpha value is -0.977.